The summed E-state index contributed by atoms with van der Waals surface area (Å²) < 4.78 is 4.98. The Morgan fingerprint density at radius 2 is 1.72 bits per heavy atom. The van der Waals surface area contributed by atoms with Gasteiger partial charge >= 0.3 is 11.9 Å². The zero-order valence-corrected chi connectivity index (χ0v) is 9.37. The molecule has 0 aromatic heterocycles. The highest BCUT2D eigenvalue weighted by atomic mass is 16.5. The summed E-state index contributed by atoms with van der Waals surface area (Å²) in [6.07, 6.45) is 1.61. The minimum absolute atomic E-state index is 0.383. The fraction of sp³-hybridized carbons (Fsp3) is 0. The normalized spacial score (nSPS) is 10.7. The molecule has 0 aliphatic carbocycles. The first-order chi connectivity index (χ1) is 8.65. The van der Waals surface area contributed by atoms with Gasteiger partial charge in [-0.05, 0) is 22.9 Å². The van der Waals surface area contributed by atoms with Crippen LogP contribution >= 0.6 is 0 Å². The third-order valence-corrected chi connectivity index (χ3v) is 2.30. The second-order valence-corrected chi connectivity index (χ2v) is 3.60. The summed E-state index contributed by atoms with van der Waals surface area (Å²) >= 11 is 0. The van der Waals surface area contributed by atoms with Crippen LogP contribution in [-0.2, 0) is 9.59 Å². The van der Waals surface area contributed by atoms with E-state index in [4.69, 9.17) is 9.84 Å². The first kappa shape index (κ1) is 11.9. The minimum Gasteiger partial charge on any atom is -0.478 e. The quantitative estimate of drug-likeness (QED) is 0.510. The molecule has 0 spiro atoms. The number of ether oxygens (including phenoxy) is 1. The zero-order valence-electron chi connectivity index (χ0n) is 9.37. The summed E-state index contributed by atoms with van der Waals surface area (Å²) in [5.74, 6) is -1.52. The van der Waals surface area contributed by atoms with Gasteiger partial charge in [0.1, 0.15) is 5.75 Å². The van der Waals surface area contributed by atoms with E-state index in [-0.39, 0.29) is 0 Å². The number of esters is 1. The molecule has 2 aromatic rings. The van der Waals surface area contributed by atoms with E-state index in [0.717, 1.165) is 22.9 Å². The smallest absolute Gasteiger partial charge is 0.336 e. The molecule has 0 atom stereocenters. The topological polar surface area (TPSA) is 63.6 Å². The first-order valence-electron chi connectivity index (χ1n) is 5.27. The van der Waals surface area contributed by atoms with Crippen molar-refractivity contribution in [1.82, 2.24) is 0 Å². The third kappa shape index (κ3) is 2.95. The van der Waals surface area contributed by atoms with E-state index >= 15 is 0 Å². The van der Waals surface area contributed by atoms with Crippen LogP contribution in [0.5, 0.6) is 5.75 Å². The van der Waals surface area contributed by atoms with Crippen LogP contribution in [-0.4, -0.2) is 17.0 Å². The van der Waals surface area contributed by atoms with Crippen molar-refractivity contribution >= 4 is 22.7 Å². The lowest BCUT2D eigenvalue weighted by molar-refractivity contribution is -0.133. The van der Waals surface area contributed by atoms with E-state index in [1.54, 1.807) is 12.1 Å². The number of hydrogen-bond donors (Lipinski definition) is 1. The van der Waals surface area contributed by atoms with E-state index in [2.05, 4.69) is 0 Å². The number of carboxylic acid groups (broad SMARTS) is 1. The van der Waals surface area contributed by atoms with Gasteiger partial charge in [-0.1, -0.05) is 30.3 Å². The van der Waals surface area contributed by atoms with E-state index in [1.165, 1.54) is 0 Å². The van der Waals surface area contributed by atoms with Gasteiger partial charge in [-0.25, -0.2) is 9.59 Å². The molecule has 0 aliphatic rings. The molecular weight excluding hydrogens is 232 g/mol. The molecule has 0 unspecified atom stereocenters. The van der Waals surface area contributed by atoms with E-state index in [0.29, 0.717) is 5.75 Å². The number of aliphatic carboxylic acids is 1. The maximum atomic E-state index is 11.3. The van der Waals surface area contributed by atoms with Gasteiger partial charge in [0, 0.05) is 12.2 Å². The van der Waals surface area contributed by atoms with Crippen molar-refractivity contribution in [2.24, 2.45) is 0 Å². The highest BCUT2D eigenvalue weighted by Crippen LogP contribution is 2.20. The van der Waals surface area contributed by atoms with Gasteiger partial charge in [-0.2, -0.15) is 0 Å². The highest BCUT2D eigenvalue weighted by molar-refractivity contribution is 5.92. The molecule has 2 aromatic carbocycles. The molecule has 4 nitrogen and oxygen atoms in total. The van der Waals surface area contributed by atoms with E-state index in [9.17, 15) is 9.59 Å². The van der Waals surface area contributed by atoms with E-state index in [1.807, 2.05) is 30.3 Å². The van der Waals surface area contributed by atoms with Crippen molar-refractivity contribution in [3.8, 4) is 5.75 Å². The Morgan fingerprint density at radius 3 is 2.44 bits per heavy atom. The van der Waals surface area contributed by atoms with Crippen molar-refractivity contribution in [2.75, 3.05) is 0 Å². The van der Waals surface area contributed by atoms with Crippen LogP contribution in [0.1, 0.15) is 0 Å². The van der Waals surface area contributed by atoms with Crippen LogP contribution in [0.15, 0.2) is 54.6 Å². The summed E-state index contributed by atoms with van der Waals surface area (Å²) in [4.78, 5) is 21.5. The Hall–Kier alpha value is -2.62. The second-order valence-electron chi connectivity index (χ2n) is 3.60. The molecule has 0 bridgehead atoms. The average Bonchev–Trinajstić information content (AvgIpc) is 2.36. The monoisotopic (exact) mass is 242 g/mol. The summed E-state index contributed by atoms with van der Waals surface area (Å²) in [5, 5.41) is 10.4. The number of rotatable bonds is 3. The largest absolute Gasteiger partial charge is 0.478 e. The van der Waals surface area contributed by atoms with Crippen molar-refractivity contribution in [2.45, 2.75) is 0 Å². The van der Waals surface area contributed by atoms with E-state index < -0.39 is 11.9 Å². The summed E-state index contributed by atoms with van der Waals surface area (Å²) in [6, 6.07) is 12.9. The lowest BCUT2D eigenvalue weighted by Crippen LogP contribution is -2.04. The molecular formula is C14H10O4. The Kier molecular flexibility index (Phi) is 3.38. The zero-order chi connectivity index (χ0) is 13.0. The fourth-order valence-electron chi connectivity index (χ4n) is 1.52. The standard InChI is InChI=1S/C14H10O4/c15-13(16)7-8-14(17)18-12-6-5-10-3-1-2-4-11(10)9-12/h1-9H,(H,15,16)/b8-7+. The lowest BCUT2D eigenvalue weighted by atomic mass is 10.1. The van der Waals surface area contributed by atoms with Crippen LogP contribution in [0.3, 0.4) is 0 Å². The Labute approximate surface area is 103 Å². The summed E-state index contributed by atoms with van der Waals surface area (Å²) in [7, 11) is 0. The number of carboxylic acids is 1. The van der Waals surface area contributed by atoms with Crippen molar-refractivity contribution < 1.29 is 19.4 Å². The van der Waals surface area contributed by atoms with Gasteiger partial charge in [0.15, 0.2) is 0 Å². The van der Waals surface area contributed by atoms with Crippen molar-refractivity contribution in [3.63, 3.8) is 0 Å². The van der Waals surface area contributed by atoms with Gasteiger partial charge in [0.05, 0.1) is 0 Å². The van der Waals surface area contributed by atoms with Gasteiger partial charge in [-0.15, -0.1) is 0 Å². The number of hydrogen-bond acceptors (Lipinski definition) is 3. The fourth-order valence-corrected chi connectivity index (χ4v) is 1.52. The number of fused-ring (bicyclic) bond motifs is 1. The highest BCUT2D eigenvalue weighted by Gasteiger charge is 2.02. The molecule has 0 aliphatic heterocycles. The molecule has 4 heteroatoms. The summed E-state index contributed by atoms with van der Waals surface area (Å²) in [6.45, 7) is 0. The van der Waals surface area contributed by atoms with Gasteiger partial charge < -0.3 is 9.84 Å². The molecule has 90 valence electrons. The van der Waals surface area contributed by atoms with Crippen LogP contribution in [0.2, 0.25) is 0 Å². The molecule has 2 rings (SSSR count). The maximum Gasteiger partial charge on any atom is 0.336 e. The number of benzene rings is 2. The SMILES string of the molecule is O=C(O)/C=C/C(=O)Oc1ccc2ccccc2c1. The summed E-state index contributed by atoms with van der Waals surface area (Å²) in [5.41, 5.74) is 0. The van der Waals surface area contributed by atoms with Crippen LogP contribution in [0.4, 0.5) is 0 Å². The Morgan fingerprint density at radius 1 is 1.00 bits per heavy atom. The number of carbonyl (C=O) groups excluding carboxylic acids is 1. The molecule has 1 N–H and O–H groups in total. The molecule has 0 saturated heterocycles. The van der Waals surface area contributed by atoms with Crippen molar-refractivity contribution in [1.29, 1.82) is 0 Å². The molecule has 18 heavy (non-hydrogen) atoms. The predicted molar refractivity (Wildman–Crippen MR) is 66.4 cm³/mol. The molecule has 0 saturated carbocycles. The van der Waals surface area contributed by atoms with Crippen LogP contribution in [0.25, 0.3) is 10.8 Å². The maximum absolute atomic E-state index is 11.3. The second kappa shape index (κ2) is 5.14. The minimum atomic E-state index is -1.19. The number of carbonyl (C=O) groups is 2. The third-order valence-electron chi connectivity index (χ3n) is 2.30. The molecule has 0 radical (unpaired) electrons. The Bertz CT molecular complexity index is 628. The van der Waals surface area contributed by atoms with Gasteiger partial charge in [0.25, 0.3) is 0 Å². The van der Waals surface area contributed by atoms with Crippen LogP contribution < -0.4 is 4.74 Å². The molecule has 0 heterocycles. The average molecular weight is 242 g/mol. The first-order valence-corrected chi connectivity index (χ1v) is 5.27. The molecule has 0 fully saturated rings. The Balaban J connectivity index is 2.17. The molecule has 0 amide bonds. The van der Waals surface area contributed by atoms with Crippen LogP contribution in [0, 0.1) is 0 Å². The van der Waals surface area contributed by atoms with Crippen molar-refractivity contribution in [3.05, 3.63) is 54.6 Å². The van der Waals surface area contributed by atoms with Gasteiger partial charge in [0.2, 0.25) is 0 Å². The predicted octanol–water partition coefficient (Wildman–Crippen LogP) is 2.39. The lowest BCUT2D eigenvalue weighted by Gasteiger charge is -2.03. The van der Waals surface area contributed by atoms with Gasteiger partial charge in [-0.3, -0.25) is 0 Å².